The van der Waals surface area contributed by atoms with Crippen molar-refractivity contribution in [2.45, 2.75) is 31.8 Å². The van der Waals surface area contributed by atoms with E-state index in [0.717, 1.165) is 25.1 Å². The zero-order valence-corrected chi connectivity index (χ0v) is 12.7. The summed E-state index contributed by atoms with van der Waals surface area (Å²) in [6.45, 7) is 1.40. The monoisotopic (exact) mass is 298 g/mol. The van der Waals surface area contributed by atoms with E-state index in [0.29, 0.717) is 18.2 Å². The largest absolute Gasteiger partial charge is 0.490 e. The van der Waals surface area contributed by atoms with Crippen molar-refractivity contribution in [3.8, 4) is 5.75 Å². The van der Waals surface area contributed by atoms with Crippen molar-refractivity contribution in [3.05, 3.63) is 29.8 Å². The van der Waals surface area contributed by atoms with Crippen LogP contribution >= 0.6 is 12.4 Å². The third kappa shape index (κ3) is 5.02. The molecule has 0 unspecified atom stereocenters. The Balaban J connectivity index is 0.00000200. The van der Waals surface area contributed by atoms with Crippen LogP contribution in [0.2, 0.25) is 0 Å². The summed E-state index contributed by atoms with van der Waals surface area (Å²) in [4.78, 5) is 11.9. The van der Waals surface area contributed by atoms with Crippen LogP contribution in [0, 0.1) is 0 Å². The zero-order valence-electron chi connectivity index (χ0n) is 11.9. The van der Waals surface area contributed by atoms with Crippen LogP contribution in [-0.4, -0.2) is 32.1 Å². The van der Waals surface area contributed by atoms with Crippen LogP contribution < -0.4 is 15.4 Å². The lowest BCUT2D eigenvalue weighted by Gasteiger charge is -2.13. The van der Waals surface area contributed by atoms with Crippen LogP contribution in [0.4, 0.5) is 0 Å². The Hall–Kier alpha value is -1.26. The molecule has 1 aliphatic carbocycles. The maximum Gasteiger partial charge on any atom is 0.251 e. The number of halogens is 1. The van der Waals surface area contributed by atoms with E-state index < -0.39 is 0 Å². The Morgan fingerprint density at radius 1 is 1.30 bits per heavy atom. The number of carbonyl (C=O) groups is 1. The summed E-state index contributed by atoms with van der Waals surface area (Å²) in [5.41, 5.74) is 0.659. The number of nitrogens with one attached hydrogen (secondary N) is 2. The molecule has 1 amide bonds. The molecule has 0 heterocycles. The number of hydrogen-bond donors (Lipinski definition) is 2. The average molecular weight is 299 g/mol. The summed E-state index contributed by atoms with van der Waals surface area (Å²) >= 11 is 0. The minimum atomic E-state index is -0.0490. The number of hydrogen-bond acceptors (Lipinski definition) is 3. The maximum atomic E-state index is 11.9. The fourth-order valence-corrected chi connectivity index (χ4v) is 2.31. The van der Waals surface area contributed by atoms with Crippen LogP contribution in [0.5, 0.6) is 5.75 Å². The van der Waals surface area contributed by atoms with Crippen LogP contribution in [0.15, 0.2) is 24.3 Å². The third-order valence-electron chi connectivity index (χ3n) is 3.36. The Bertz CT molecular complexity index is 420. The number of rotatable bonds is 6. The van der Waals surface area contributed by atoms with Crippen LogP contribution in [0.25, 0.3) is 0 Å². The lowest BCUT2D eigenvalue weighted by Crippen LogP contribution is -2.30. The predicted octanol–water partition coefficient (Wildman–Crippen LogP) is 2.38. The molecule has 4 nitrogen and oxygen atoms in total. The zero-order chi connectivity index (χ0) is 13.5. The molecule has 1 saturated carbocycles. The van der Waals surface area contributed by atoms with E-state index in [1.165, 1.54) is 12.8 Å². The summed E-state index contributed by atoms with van der Waals surface area (Å²) < 4.78 is 5.90. The highest BCUT2D eigenvalue weighted by Gasteiger charge is 2.16. The lowest BCUT2D eigenvalue weighted by molar-refractivity contribution is 0.0953. The van der Waals surface area contributed by atoms with E-state index >= 15 is 0 Å². The molecule has 0 bridgehead atoms. The summed E-state index contributed by atoms with van der Waals surface area (Å²) in [5.74, 6) is 0.750. The molecule has 0 aliphatic heterocycles. The maximum absolute atomic E-state index is 11.9. The first-order valence-corrected chi connectivity index (χ1v) is 6.99. The van der Waals surface area contributed by atoms with Gasteiger partial charge in [-0.15, -0.1) is 12.4 Å². The highest BCUT2D eigenvalue weighted by atomic mass is 35.5. The van der Waals surface area contributed by atoms with Crippen molar-refractivity contribution in [2.75, 3.05) is 20.1 Å². The molecule has 5 heteroatoms. The van der Waals surface area contributed by atoms with Gasteiger partial charge in [-0.2, -0.15) is 0 Å². The van der Waals surface area contributed by atoms with E-state index in [4.69, 9.17) is 4.74 Å². The molecule has 1 aromatic carbocycles. The normalized spacial score (nSPS) is 14.7. The standard InChI is InChI=1S/C15H22N2O2.ClH/c1-16-9-10-17-15(18)12-5-4-8-14(11-12)19-13-6-2-3-7-13;/h4-5,8,11,13,16H,2-3,6-7,9-10H2,1H3,(H,17,18);1H. The average Bonchev–Trinajstić information content (AvgIpc) is 2.92. The van der Waals surface area contributed by atoms with Gasteiger partial charge in [0.2, 0.25) is 0 Å². The molecular weight excluding hydrogens is 276 g/mol. The first kappa shape index (κ1) is 16.8. The molecule has 0 saturated heterocycles. The second kappa shape index (κ2) is 8.82. The number of ether oxygens (including phenoxy) is 1. The number of benzene rings is 1. The predicted molar refractivity (Wildman–Crippen MR) is 82.8 cm³/mol. The molecule has 0 spiro atoms. The molecule has 1 aromatic rings. The van der Waals surface area contributed by atoms with Gasteiger partial charge in [-0.3, -0.25) is 4.79 Å². The van der Waals surface area contributed by atoms with Crippen LogP contribution in [0.1, 0.15) is 36.0 Å². The number of carbonyl (C=O) groups excluding carboxylic acids is 1. The van der Waals surface area contributed by atoms with Gasteiger partial charge in [0.25, 0.3) is 5.91 Å². The van der Waals surface area contributed by atoms with Gasteiger partial charge in [0, 0.05) is 18.7 Å². The smallest absolute Gasteiger partial charge is 0.251 e. The first-order chi connectivity index (χ1) is 9.29. The topological polar surface area (TPSA) is 50.4 Å². The van der Waals surface area contributed by atoms with Gasteiger partial charge in [0.1, 0.15) is 5.75 Å². The number of likely N-dealkylation sites (N-methyl/N-ethyl adjacent to an activating group) is 1. The first-order valence-electron chi connectivity index (χ1n) is 6.99. The second-order valence-corrected chi connectivity index (χ2v) is 4.91. The van der Waals surface area contributed by atoms with E-state index in [-0.39, 0.29) is 18.3 Å². The summed E-state index contributed by atoms with van der Waals surface area (Å²) in [6.07, 6.45) is 5.06. The Morgan fingerprint density at radius 2 is 2.05 bits per heavy atom. The molecule has 0 atom stereocenters. The SMILES string of the molecule is CNCCNC(=O)c1cccc(OC2CCCC2)c1.Cl. The van der Waals surface area contributed by atoms with Crippen molar-refractivity contribution >= 4 is 18.3 Å². The third-order valence-corrected chi connectivity index (χ3v) is 3.36. The van der Waals surface area contributed by atoms with Crippen molar-refractivity contribution in [1.82, 2.24) is 10.6 Å². The van der Waals surface area contributed by atoms with Gasteiger partial charge >= 0.3 is 0 Å². The second-order valence-electron chi connectivity index (χ2n) is 4.91. The van der Waals surface area contributed by atoms with Crippen molar-refractivity contribution < 1.29 is 9.53 Å². The van der Waals surface area contributed by atoms with Gasteiger partial charge in [-0.05, 0) is 50.9 Å². The van der Waals surface area contributed by atoms with Crippen molar-refractivity contribution in [2.24, 2.45) is 0 Å². The molecule has 1 fully saturated rings. The minimum absolute atomic E-state index is 0. The summed E-state index contributed by atoms with van der Waals surface area (Å²) in [5, 5.41) is 5.86. The Morgan fingerprint density at radius 3 is 2.75 bits per heavy atom. The molecule has 0 aromatic heterocycles. The Labute approximate surface area is 126 Å². The molecule has 20 heavy (non-hydrogen) atoms. The summed E-state index contributed by atoms with van der Waals surface area (Å²) in [7, 11) is 1.86. The molecule has 0 radical (unpaired) electrons. The Kier molecular flexibility index (Phi) is 7.41. The molecule has 2 rings (SSSR count). The molecule has 2 N–H and O–H groups in total. The van der Waals surface area contributed by atoms with Gasteiger partial charge in [-0.1, -0.05) is 6.07 Å². The van der Waals surface area contributed by atoms with E-state index in [1.54, 1.807) is 0 Å². The highest BCUT2D eigenvalue weighted by Crippen LogP contribution is 2.24. The van der Waals surface area contributed by atoms with E-state index in [2.05, 4.69) is 10.6 Å². The summed E-state index contributed by atoms with van der Waals surface area (Å²) in [6, 6.07) is 7.43. The van der Waals surface area contributed by atoms with Crippen molar-refractivity contribution in [3.63, 3.8) is 0 Å². The van der Waals surface area contributed by atoms with E-state index in [1.807, 2.05) is 31.3 Å². The molecular formula is C15H23ClN2O2. The molecule has 1 aliphatic rings. The van der Waals surface area contributed by atoms with Gasteiger partial charge in [-0.25, -0.2) is 0 Å². The van der Waals surface area contributed by atoms with Gasteiger partial charge in [0.15, 0.2) is 0 Å². The highest BCUT2D eigenvalue weighted by molar-refractivity contribution is 5.94. The van der Waals surface area contributed by atoms with Gasteiger partial charge < -0.3 is 15.4 Å². The van der Waals surface area contributed by atoms with Crippen LogP contribution in [0.3, 0.4) is 0 Å². The van der Waals surface area contributed by atoms with E-state index in [9.17, 15) is 4.79 Å². The van der Waals surface area contributed by atoms with Crippen molar-refractivity contribution in [1.29, 1.82) is 0 Å². The number of amides is 1. The van der Waals surface area contributed by atoms with Crippen LogP contribution in [-0.2, 0) is 0 Å². The quantitative estimate of drug-likeness (QED) is 0.793. The molecule has 112 valence electrons. The van der Waals surface area contributed by atoms with Gasteiger partial charge in [0.05, 0.1) is 6.10 Å². The fraction of sp³-hybridized carbons (Fsp3) is 0.533. The minimum Gasteiger partial charge on any atom is -0.490 e. The lowest BCUT2D eigenvalue weighted by atomic mass is 10.2. The fourth-order valence-electron chi connectivity index (χ4n) is 2.31.